The van der Waals surface area contributed by atoms with Crippen LogP contribution in [0, 0.1) is 0 Å². The molecule has 0 aromatic heterocycles. The molecule has 0 fully saturated rings. The Hall–Kier alpha value is -1.38. The summed E-state index contributed by atoms with van der Waals surface area (Å²) < 4.78 is 28.9. The first kappa shape index (κ1) is 10.7. The van der Waals surface area contributed by atoms with Gasteiger partial charge in [0.05, 0.1) is 7.11 Å². The number of aryl methyl sites for hydroxylation is 1. The number of hydrogen-bond acceptors (Lipinski definition) is 1. The van der Waals surface area contributed by atoms with E-state index in [2.05, 4.69) is 4.74 Å². The van der Waals surface area contributed by atoms with Gasteiger partial charge in [-0.1, -0.05) is 30.3 Å². The van der Waals surface area contributed by atoms with E-state index >= 15 is 0 Å². The second-order valence-corrected chi connectivity index (χ2v) is 2.87. The van der Waals surface area contributed by atoms with E-state index in [9.17, 15) is 8.78 Å². The third kappa shape index (κ3) is 3.17. The van der Waals surface area contributed by atoms with Crippen molar-refractivity contribution in [2.24, 2.45) is 0 Å². The molecule has 1 nitrogen and oxygen atoms in total. The van der Waals surface area contributed by atoms with Crippen molar-refractivity contribution in [3.8, 4) is 0 Å². The molecule has 0 unspecified atom stereocenters. The molecular formula is C11H12F2O. The number of hydrogen-bond donors (Lipinski definition) is 0. The van der Waals surface area contributed by atoms with Crippen LogP contribution in [0.2, 0.25) is 0 Å². The van der Waals surface area contributed by atoms with Gasteiger partial charge in [0.1, 0.15) is 0 Å². The molecule has 14 heavy (non-hydrogen) atoms. The topological polar surface area (TPSA) is 9.23 Å². The third-order valence-electron chi connectivity index (χ3n) is 1.94. The molecule has 0 aliphatic rings. The number of ether oxygens (including phenoxy) is 1. The number of benzene rings is 1. The maximum atomic E-state index is 12.2. The highest BCUT2D eigenvalue weighted by atomic mass is 19.3. The van der Waals surface area contributed by atoms with E-state index in [4.69, 9.17) is 0 Å². The van der Waals surface area contributed by atoms with Crippen LogP contribution in [-0.4, -0.2) is 7.11 Å². The minimum Gasteiger partial charge on any atom is -0.495 e. The van der Waals surface area contributed by atoms with Gasteiger partial charge in [-0.05, 0) is 12.0 Å². The molecular weight excluding hydrogens is 186 g/mol. The van der Waals surface area contributed by atoms with Crippen molar-refractivity contribution in [1.82, 2.24) is 0 Å². The Morgan fingerprint density at radius 2 is 1.86 bits per heavy atom. The minimum atomic E-state index is -1.73. The summed E-state index contributed by atoms with van der Waals surface area (Å²) >= 11 is 0. The van der Waals surface area contributed by atoms with Crippen LogP contribution in [0.25, 0.3) is 0 Å². The van der Waals surface area contributed by atoms with E-state index in [1.54, 1.807) is 0 Å². The highest BCUT2D eigenvalue weighted by Crippen LogP contribution is 2.15. The van der Waals surface area contributed by atoms with Crippen LogP contribution in [0.4, 0.5) is 8.78 Å². The predicted octanol–water partition coefficient (Wildman–Crippen LogP) is 3.37. The molecule has 3 heteroatoms. The molecule has 0 saturated carbocycles. The fourth-order valence-electron chi connectivity index (χ4n) is 1.18. The summed E-state index contributed by atoms with van der Waals surface area (Å²) in [4.78, 5) is 0. The van der Waals surface area contributed by atoms with Crippen molar-refractivity contribution in [2.45, 2.75) is 12.8 Å². The van der Waals surface area contributed by atoms with Crippen molar-refractivity contribution in [3.63, 3.8) is 0 Å². The molecule has 0 saturated heterocycles. The molecule has 1 aromatic carbocycles. The maximum absolute atomic E-state index is 12.2. The second kappa shape index (κ2) is 5.37. The highest BCUT2D eigenvalue weighted by Gasteiger charge is 2.05. The van der Waals surface area contributed by atoms with Gasteiger partial charge in [0.2, 0.25) is 0 Å². The Kier molecular flexibility index (Phi) is 4.11. The molecule has 0 amide bonds. The first-order chi connectivity index (χ1) is 6.74. The third-order valence-corrected chi connectivity index (χ3v) is 1.94. The Labute approximate surface area is 82.0 Å². The van der Waals surface area contributed by atoms with Gasteiger partial charge in [0.25, 0.3) is 0 Å². The van der Waals surface area contributed by atoms with Gasteiger partial charge in [-0.15, -0.1) is 0 Å². The molecule has 0 aliphatic heterocycles. The number of allylic oxidation sites excluding steroid dienone is 1. The van der Waals surface area contributed by atoms with Gasteiger partial charge < -0.3 is 4.74 Å². The Morgan fingerprint density at radius 1 is 1.21 bits per heavy atom. The van der Waals surface area contributed by atoms with E-state index in [1.807, 2.05) is 30.3 Å². The highest BCUT2D eigenvalue weighted by molar-refractivity contribution is 5.15. The summed E-state index contributed by atoms with van der Waals surface area (Å²) in [6, 6.07) is 9.48. The predicted molar refractivity (Wildman–Crippen MR) is 51.0 cm³/mol. The van der Waals surface area contributed by atoms with E-state index in [1.165, 1.54) is 7.11 Å². The Morgan fingerprint density at radius 3 is 2.36 bits per heavy atom. The SMILES string of the molecule is COC(CCc1ccccc1)=C(F)F. The van der Waals surface area contributed by atoms with Gasteiger partial charge in [-0.3, -0.25) is 0 Å². The lowest BCUT2D eigenvalue weighted by molar-refractivity contribution is 0.234. The summed E-state index contributed by atoms with van der Waals surface area (Å²) in [6.07, 6.45) is -0.923. The normalized spacial score (nSPS) is 9.64. The Balaban J connectivity index is 2.53. The quantitative estimate of drug-likeness (QED) is 0.674. The molecule has 0 spiro atoms. The number of rotatable bonds is 4. The van der Waals surface area contributed by atoms with Crippen LogP contribution in [-0.2, 0) is 11.2 Å². The lowest BCUT2D eigenvalue weighted by Gasteiger charge is -2.04. The van der Waals surface area contributed by atoms with Gasteiger partial charge in [0.15, 0.2) is 5.76 Å². The lowest BCUT2D eigenvalue weighted by atomic mass is 10.1. The first-order valence-corrected chi connectivity index (χ1v) is 4.36. The van der Waals surface area contributed by atoms with Gasteiger partial charge >= 0.3 is 6.08 Å². The summed E-state index contributed by atoms with van der Waals surface area (Å²) in [6.45, 7) is 0. The molecule has 0 radical (unpaired) electrons. The zero-order chi connectivity index (χ0) is 10.4. The van der Waals surface area contributed by atoms with Crippen molar-refractivity contribution >= 4 is 0 Å². The van der Waals surface area contributed by atoms with Crippen molar-refractivity contribution in [3.05, 3.63) is 47.7 Å². The van der Waals surface area contributed by atoms with Crippen LogP contribution in [0.1, 0.15) is 12.0 Å². The van der Waals surface area contributed by atoms with E-state index in [0.29, 0.717) is 6.42 Å². The van der Waals surface area contributed by atoms with Crippen molar-refractivity contribution in [2.75, 3.05) is 7.11 Å². The maximum Gasteiger partial charge on any atom is 0.307 e. The molecule has 1 rings (SSSR count). The van der Waals surface area contributed by atoms with Gasteiger partial charge in [0, 0.05) is 6.42 Å². The van der Waals surface area contributed by atoms with Crippen LogP contribution in [0.5, 0.6) is 0 Å². The second-order valence-electron chi connectivity index (χ2n) is 2.87. The number of halogens is 2. The van der Waals surface area contributed by atoms with E-state index < -0.39 is 6.08 Å². The van der Waals surface area contributed by atoms with Crippen LogP contribution in [0.15, 0.2) is 42.2 Å². The minimum absolute atomic E-state index is 0.228. The zero-order valence-electron chi connectivity index (χ0n) is 7.97. The number of methoxy groups -OCH3 is 1. The molecule has 76 valence electrons. The van der Waals surface area contributed by atoms with Gasteiger partial charge in [-0.2, -0.15) is 8.78 Å². The van der Waals surface area contributed by atoms with E-state index in [-0.39, 0.29) is 12.2 Å². The molecule has 0 atom stereocenters. The standard InChI is InChI=1S/C11H12F2O/c1-14-10(11(12)13)8-7-9-5-3-2-4-6-9/h2-6H,7-8H2,1H3. The van der Waals surface area contributed by atoms with Gasteiger partial charge in [-0.25, -0.2) is 0 Å². The first-order valence-electron chi connectivity index (χ1n) is 4.36. The fourth-order valence-corrected chi connectivity index (χ4v) is 1.18. The van der Waals surface area contributed by atoms with E-state index in [0.717, 1.165) is 5.56 Å². The van der Waals surface area contributed by atoms with Crippen LogP contribution in [0.3, 0.4) is 0 Å². The average molecular weight is 198 g/mol. The average Bonchev–Trinajstić information content (AvgIpc) is 2.20. The monoisotopic (exact) mass is 198 g/mol. The molecule has 0 aliphatic carbocycles. The fraction of sp³-hybridized carbons (Fsp3) is 0.273. The van der Waals surface area contributed by atoms with Crippen LogP contribution >= 0.6 is 0 Å². The van der Waals surface area contributed by atoms with Crippen LogP contribution < -0.4 is 0 Å². The summed E-state index contributed by atoms with van der Waals surface area (Å²) in [7, 11) is 1.26. The smallest absolute Gasteiger partial charge is 0.307 e. The summed E-state index contributed by atoms with van der Waals surface area (Å²) in [5.41, 5.74) is 1.03. The molecule has 1 aromatic rings. The Bertz CT molecular complexity index is 302. The lowest BCUT2D eigenvalue weighted by Crippen LogP contribution is -1.92. The molecule has 0 bridgehead atoms. The summed E-state index contributed by atoms with van der Waals surface area (Å²) in [5, 5.41) is 0. The van der Waals surface area contributed by atoms with Crippen molar-refractivity contribution < 1.29 is 13.5 Å². The molecule has 0 heterocycles. The molecule has 0 N–H and O–H groups in total. The zero-order valence-corrected chi connectivity index (χ0v) is 7.97. The van der Waals surface area contributed by atoms with Crippen molar-refractivity contribution in [1.29, 1.82) is 0 Å². The summed E-state index contributed by atoms with van der Waals surface area (Å²) in [5.74, 6) is -0.228. The largest absolute Gasteiger partial charge is 0.495 e.